The molecule has 1 heterocycles. The largest absolute Gasteiger partial charge is 0.438 e. The Morgan fingerprint density at radius 2 is 2.11 bits per heavy atom. The number of rotatable bonds is 3. The van der Waals surface area contributed by atoms with Crippen LogP contribution in [-0.2, 0) is 0 Å². The summed E-state index contributed by atoms with van der Waals surface area (Å²) in [7, 11) is 0. The third kappa shape index (κ3) is 3.19. The van der Waals surface area contributed by atoms with Gasteiger partial charge in [-0.15, -0.1) is 0 Å². The van der Waals surface area contributed by atoms with Crippen molar-refractivity contribution in [2.75, 3.05) is 0 Å². The van der Waals surface area contributed by atoms with Gasteiger partial charge >= 0.3 is 0 Å². The van der Waals surface area contributed by atoms with E-state index in [4.69, 9.17) is 34.3 Å². The summed E-state index contributed by atoms with van der Waals surface area (Å²) in [5, 5.41) is 0.624. The monoisotopic (exact) mass is 342 g/mol. The van der Waals surface area contributed by atoms with Crippen LogP contribution in [0, 0.1) is 0 Å². The van der Waals surface area contributed by atoms with E-state index in [1.54, 1.807) is 36.5 Å². The van der Waals surface area contributed by atoms with Gasteiger partial charge in [-0.2, -0.15) is 0 Å². The van der Waals surface area contributed by atoms with E-state index in [-0.39, 0.29) is 0 Å². The van der Waals surface area contributed by atoms with E-state index in [2.05, 4.69) is 20.9 Å². The molecule has 2 rings (SSSR count). The zero-order chi connectivity index (χ0) is 13.1. The van der Waals surface area contributed by atoms with Crippen LogP contribution in [-0.4, -0.2) is 9.97 Å². The molecule has 2 aromatic rings. The van der Waals surface area contributed by atoms with Gasteiger partial charge in [0.2, 0.25) is 5.88 Å². The summed E-state index contributed by atoms with van der Waals surface area (Å²) in [5.41, 5.74) is 6.26. The fourth-order valence-corrected chi connectivity index (χ4v) is 2.18. The second-order valence-corrected chi connectivity index (χ2v) is 5.15. The van der Waals surface area contributed by atoms with Crippen molar-refractivity contribution >= 4 is 44.7 Å². The van der Waals surface area contributed by atoms with Crippen LogP contribution in [0.4, 0.5) is 0 Å². The highest BCUT2D eigenvalue weighted by molar-refractivity contribution is 9.10. The first-order valence-electron chi connectivity index (χ1n) is 4.95. The highest BCUT2D eigenvalue weighted by Gasteiger charge is 2.06. The van der Waals surface area contributed by atoms with Crippen molar-refractivity contribution in [1.29, 1.82) is 0 Å². The van der Waals surface area contributed by atoms with Crippen LogP contribution in [0.5, 0.6) is 11.6 Å². The van der Waals surface area contributed by atoms with E-state index in [1.165, 1.54) is 0 Å². The first-order chi connectivity index (χ1) is 8.56. The Hall–Kier alpha value is -1.17. The van der Waals surface area contributed by atoms with Crippen molar-refractivity contribution in [2.24, 2.45) is 5.73 Å². The molecule has 0 saturated heterocycles. The molecule has 0 aliphatic carbocycles. The molecule has 0 spiro atoms. The molecular weight excluding hydrogens is 336 g/mol. The van der Waals surface area contributed by atoms with E-state index >= 15 is 0 Å². The Balaban J connectivity index is 2.28. The van der Waals surface area contributed by atoms with Gasteiger partial charge in [-0.05, 0) is 40.2 Å². The molecular formula is C12H8BrClN2OS. The molecule has 2 N–H and O–H groups in total. The summed E-state index contributed by atoms with van der Waals surface area (Å²) >= 11 is 14.1. The van der Waals surface area contributed by atoms with Gasteiger partial charge in [0.25, 0.3) is 0 Å². The Morgan fingerprint density at radius 1 is 1.33 bits per heavy atom. The first kappa shape index (κ1) is 13.3. The number of benzene rings is 1. The minimum atomic E-state index is 0.303. The minimum absolute atomic E-state index is 0.303. The predicted octanol–water partition coefficient (Wildman–Crippen LogP) is 3.92. The molecule has 92 valence electrons. The number of thiocarbonyl (C=S) groups is 1. The number of ether oxygens (including phenoxy) is 1. The molecule has 0 unspecified atom stereocenters. The molecule has 0 amide bonds. The van der Waals surface area contributed by atoms with Crippen LogP contribution in [0.2, 0.25) is 5.02 Å². The number of halogens is 2. The van der Waals surface area contributed by atoms with Gasteiger partial charge in [0.1, 0.15) is 10.7 Å². The minimum Gasteiger partial charge on any atom is -0.438 e. The van der Waals surface area contributed by atoms with Crippen LogP contribution in [0.25, 0.3) is 0 Å². The van der Waals surface area contributed by atoms with E-state index < -0.39 is 0 Å². The lowest BCUT2D eigenvalue weighted by Gasteiger charge is -2.08. The van der Waals surface area contributed by atoms with Crippen molar-refractivity contribution in [1.82, 2.24) is 4.98 Å². The standard InChI is InChI=1S/C12H8BrClN2OS/c13-9-6-8(14)1-2-10(9)17-11-5-7(12(15)18)3-4-16-11/h1-6H,(H2,15,18). The quantitative estimate of drug-likeness (QED) is 0.858. The van der Waals surface area contributed by atoms with Gasteiger partial charge in [-0.25, -0.2) is 4.98 Å². The highest BCUT2D eigenvalue weighted by Crippen LogP contribution is 2.31. The molecule has 6 heteroatoms. The molecule has 0 fully saturated rings. The maximum atomic E-state index is 5.85. The van der Waals surface area contributed by atoms with Gasteiger partial charge < -0.3 is 10.5 Å². The molecule has 18 heavy (non-hydrogen) atoms. The van der Waals surface area contributed by atoms with Gasteiger partial charge in [0.05, 0.1) is 4.47 Å². The first-order valence-corrected chi connectivity index (χ1v) is 6.53. The van der Waals surface area contributed by atoms with Crippen molar-refractivity contribution in [3.05, 3.63) is 51.6 Å². The van der Waals surface area contributed by atoms with Crippen LogP contribution in [0.1, 0.15) is 5.56 Å². The number of nitrogens with two attached hydrogens (primary N) is 1. The second-order valence-electron chi connectivity index (χ2n) is 3.42. The number of hydrogen-bond donors (Lipinski definition) is 1. The summed E-state index contributed by atoms with van der Waals surface area (Å²) in [6.45, 7) is 0. The lowest BCUT2D eigenvalue weighted by Crippen LogP contribution is -2.09. The van der Waals surface area contributed by atoms with E-state index in [1.807, 2.05) is 0 Å². The van der Waals surface area contributed by atoms with Gasteiger partial charge in [-0.1, -0.05) is 23.8 Å². The Kier molecular flexibility index (Phi) is 4.16. The molecule has 0 bridgehead atoms. The van der Waals surface area contributed by atoms with E-state index in [0.29, 0.717) is 27.2 Å². The summed E-state index contributed by atoms with van der Waals surface area (Å²) < 4.78 is 6.37. The highest BCUT2D eigenvalue weighted by atomic mass is 79.9. The van der Waals surface area contributed by atoms with Crippen LogP contribution >= 0.6 is 39.7 Å². The predicted molar refractivity (Wildman–Crippen MR) is 79.4 cm³/mol. The summed E-state index contributed by atoms with van der Waals surface area (Å²) in [4.78, 5) is 4.39. The van der Waals surface area contributed by atoms with Crippen molar-refractivity contribution < 1.29 is 4.74 Å². The molecule has 0 saturated carbocycles. The Bertz CT molecular complexity index is 606. The zero-order valence-corrected chi connectivity index (χ0v) is 12.2. The van der Waals surface area contributed by atoms with Crippen LogP contribution in [0.3, 0.4) is 0 Å². The maximum absolute atomic E-state index is 5.85. The van der Waals surface area contributed by atoms with E-state index in [0.717, 1.165) is 4.47 Å². The normalized spacial score (nSPS) is 10.1. The fraction of sp³-hybridized carbons (Fsp3) is 0. The fourth-order valence-electron chi connectivity index (χ4n) is 1.29. The van der Waals surface area contributed by atoms with Gasteiger partial charge in [0, 0.05) is 22.8 Å². The lowest BCUT2D eigenvalue weighted by atomic mass is 10.3. The lowest BCUT2D eigenvalue weighted by molar-refractivity contribution is 0.460. The van der Waals surface area contributed by atoms with Crippen molar-refractivity contribution in [3.8, 4) is 11.6 Å². The smallest absolute Gasteiger partial charge is 0.219 e. The van der Waals surface area contributed by atoms with Crippen molar-refractivity contribution in [3.63, 3.8) is 0 Å². The van der Waals surface area contributed by atoms with E-state index in [9.17, 15) is 0 Å². The Morgan fingerprint density at radius 3 is 2.78 bits per heavy atom. The third-order valence-electron chi connectivity index (χ3n) is 2.13. The SMILES string of the molecule is NC(=S)c1ccnc(Oc2ccc(Cl)cc2Br)c1. The Labute approximate surface area is 123 Å². The van der Waals surface area contributed by atoms with Crippen LogP contribution in [0.15, 0.2) is 41.0 Å². The van der Waals surface area contributed by atoms with Crippen molar-refractivity contribution in [2.45, 2.75) is 0 Å². The molecule has 1 aromatic heterocycles. The second kappa shape index (κ2) is 5.65. The number of aromatic nitrogens is 1. The molecule has 1 aromatic carbocycles. The number of nitrogens with zero attached hydrogens (tertiary/aromatic N) is 1. The third-order valence-corrected chi connectivity index (χ3v) is 3.22. The number of pyridine rings is 1. The molecule has 0 radical (unpaired) electrons. The summed E-state index contributed by atoms with van der Waals surface area (Å²) in [5.74, 6) is 1.04. The topological polar surface area (TPSA) is 48.1 Å². The molecule has 0 aliphatic rings. The average Bonchev–Trinajstić information content (AvgIpc) is 2.33. The summed E-state index contributed by atoms with van der Waals surface area (Å²) in [6, 6.07) is 8.64. The molecule has 3 nitrogen and oxygen atoms in total. The summed E-state index contributed by atoms with van der Waals surface area (Å²) in [6.07, 6.45) is 1.59. The zero-order valence-electron chi connectivity index (χ0n) is 9.06. The maximum Gasteiger partial charge on any atom is 0.219 e. The van der Waals surface area contributed by atoms with Gasteiger partial charge in [0.15, 0.2) is 0 Å². The van der Waals surface area contributed by atoms with Crippen LogP contribution < -0.4 is 10.5 Å². The average molecular weight is 344 g/mol. The molecule has 0 aliphatic heterocycles. The molecule has 0 atom stereocenters. The van der Waals surface area contributed by atoms with Gasteiger partial charge in [-0.3, -0.25) is 0 Å². The number of hydrogen-bond acceptors (Lipinski definition) is 3.